The molecule has 3 nitrogen and oxygen atoms in total. The molecule has 4 atom stereocenters. The van der Waals surface area contributed by atoms with E-state index >= 15 is 0 Å². The highest BCUT2D eigenvalue weighted by molar-refractivity contribution is 5.67. The Balaban J connectivity index is 1.24. The molecule has 5 heterocycles. The number of rotatable bonds is 3. The Hall–Kier alpha value is -2.94. The molecule has 3 aromatic rings. The van der Waals surface area contributed by atoms with Crippen LogP contribution in [0.25, 0.3) is 0 Å². The van der Waals surface area contributed by atoms with E-state index in [-0.39, 0.29) is 5.92 Å². The Labute approximate surface area is 221 Å². The van der Waals surface area contributed by atoms with Gasteiger partial charge >= 0.3 is 0 Å². The fraction of sp³-hybridized carbons (Fsp3) is 0.471. The Morgan fingerprint density at radius 2 is 1.05 bits per heavy atom. The van der Waals surface area contributed by atoms with Crippen molar-refractivity contribution in [1.82, 2.24) is 0 Å². The number of nitrogens with zero attached hydrogens (tertiary/aromatic N) is 2. The molecular formula is C34H38N2O. The van der Waals surface area contributed by atoms with Crippen LogP contribution >= 0.6 is 0 Å². The van der Waals surface area contributed by atoms with Crippen LogP contribution in [0.2, 0.25) is 0 Å². The summed E-state index contributed by atoms with van der Waals surface area (Å²) in [5, 5.41) is 0. The van der Waals surface area contributed by atoms with Crippen LogP contribution in [0.1, 0.15) is 92.4 Å². The summed E-state index contributed by atoms with van der Waals surface area (Å²) in [5.74, 6) is 2.32. The van der Waals surface area contributed by atoms with Crippen molar-refractivity contribution in [2.24, 2.45) is 0 Å². The first-order chi connectivity index (χ1) is 18.2. The molecule has 3 heteroatoms. The number of hydrogen-bond donors (Lipinski definition) is 0. The summed E-state index contributed by atoms with van der Waals surface area (Å²) in [6.45, 7) is 2.25. The molecular weight excluding hydrogens is 452 g/mol. The van der Waals surface area contributed by atoms with Crippen LogP contribution < -0.4 is 14.5 Å². The molecule has 4 fully saturated rings. The summed E-state index contributed by atoms with van der Waals surface area (Å²) in [6.07, 6.45) is 13.5. The highest BCUT2D eigenvalue weighted by Gasteiger charge is 2.39. The fourth-order valence-electron chi connectivity index (χ4n) is 8.63. The third kappa shape index (κ3) is 3.46. The topological polar surface area (TPSA) is 15.7 Å². The van der Waals surface area contributed by atoms with Gasteiger partial charge in [-0.05, 0) is 94.4 Å². The third-order valence-electron chi connectivity index (χ3n) is 10.3. The van der Waals surface area contributed by atoms with Crippen LogP contribution in [-0.4, -0.2) is 24.2 Å². The molecule has 0 radical (unpaired) electrons. The zero-order chi connectivity index (χ0) is 24.5. The van der Waals surface area contributed by atoms with Crippen molar-refractivity contribution in [1.29, 1.82) is 0 Å². The maximum Gasteiger partial charge on any atom is 0.133 e. The van der Waals surface area contributed by atoms with E-state index in [2.05, 4.69) is 77.4 Å². The van der Waals surface area contributed by atoms with Crippen molar-refractivity contribution in [2.75, 3.05) is 9.80 Å². The van der Waals surface area contributed by atoms with Gasteiger partial charge in [-0.1, -0.05) is 36.4 Å². The lowest BCUT2D eigenvalue weighted by Crippen LogP contribution is -2.39. The number of piperidine rings is 2. The average molecular weight is 491 g/mol. The van der Waals surface area contributed by atoms with Gasteiger partial charge in [-0.2, -0.15) is 0 Å². The zero-order valence-electron chi connectivity index (χ0n) is 22.0. The molecule has 0 aromatic heterocycles. The molecule has 0 spiro atoms. The summed E-state index contributed by atoms with van der Waals surface area (Å²) in [5.41, 5.74) is 8.08. The van der Waals surface area contributed by atoms with Crippen molar-refractivity contribution in [2.45, 2.75) is 101 Å². The molecule has 0 N–H and O–H groups in total. The first-order valence-electron chi connectivity index (χ1n) is 14.8. The predicted octanol–water partition coefficient (Wildman–Crippen LogP) is 8.32. The molecule has 5 aliphatic rings. The molecule has 4 unspecified atom stereocenters. The molecule has 0 aliphatic carbocycles. The van der Waals surface area contributed by atoms with E-state index in [0.29, 0.717) is 24.2 Å². The van der Waals surface area contributed by atoms with Crippen LogP contribution in [0.4, 0.5) is 11.4 Å². The Kier molecular flexibility index (Phi) is 5.10. The number of fused-ring (bicyclic) bond motifs is 6. The van der Waals surface area contributed by atoms with Crippen molar-refractivity contribution >= 4 is 11.4 Å². The zero-order valence-corrected chi connectivity index (χ0v) is 22.0. The van der Waals surface area contributed by atoms with Gasteiger partial charge in [0.25, 0.3) is 0 Å². The highest BCUT2D eigenvalue weighted by atomic mass is 16.5. The minimum Gasteiger partial charge on any atom is -0.457 e. The van der Waals surface area contributed by atoms with Crippen molar-refractivity contribution in [3.05, 3.63) is 82.9 Å². The number of benzene rings is 3. The van der Waals surface area contributed by atoms with Gasteiger partial charge in [0.15, 0.2) is 0 Å². The van der Waals surface area contributed by atoms with Crippen molar-refractivity contribution in [3.63, 3.8) is 0 Å². The normalized spacial score (nSPS) is 29.6. The first kappa shape index (κ1) is 22.1. The fourth-order valence-corrected chi connectivity index (χ4v) is 8.63. The largest absolute Gasteiger partial charge is 0.457 e. The lowest BCUT2D eigenvalue weighted by atomic mass is 9.80. The SMILES string of the molecule is Cc1ccccc1C1c2ccc(N3C4CCCC3CC4)cc2Oc2cc(N3C4CCCC3CC4)ccc21. The van der Waals surface area contributed by atoms with Gasteiger partial charge in [0.05, 0.1) is 0 Å². The Morgan fingerprint density at radius 3 is 1.54 bits per heavy atom. The molecule has 0 amide bonds. The molecule has 8 rings (SSSR count). The number of hydrogen-bond acceptors (Lipinski definition) is 3. The number of anilines is 2. The molecule has 4 bridgehead atoms. The number of aryl methyl sites for hydroxylation is 1. The standard InChI is InChI=1S/C34H38N2O/c1-22-6-2-3-11-29(22)34-30-18-16-27(35-23-7-4-8-24(35)13-12-23)20-32(30)37-33-21-28(17-19-31(33)34)36-25-9-5-10-26(36)15-14-25/h2-3,6,11,16-21,23-26,34H,4-5,7-10,12-15H2,1H3. The Morgan fingerprint density at radius 1 is 0.568 bits per heavy atom. The lowest BCUT2D eigenvalue weighted by Gasteiger charge is -2.39. The van der Waals surface area contributed by atoms with E-state index in [0.717, 1.165) is 11.5 Å². The quantitative estimate of drug-likeness (QED) is 0.287. The van der Waals surface area contributed by atoms with Crippen LogP contribution in [0, 0.1) is 6.92 Å². The van der Waals surface area contributed by atoms with E-state index in [1.165, 1.54) is 97.8 Å². The van der Waals surface area contributed by atoms with E-state index in [1.807, 2.05) is 0 Å². The molecule has 5 aliphatic heterocycles. The molecule has 190 valence electrons. The van der Waals surface area contributed by atoms with E-state index in [4.69, 9.17) is 4.74 Å². The summed E-state index contributed by atoms with van der Waals surface area (Å²) < 4.78 is 6.86. The van der Waals surface area contributed by atoms with Crippen LogP contribution in [-0.2, 0) is 0 Å². The van der Waals surface area contributed by atoms with Crippen LogP contribution in [0.15, 0.2) is 60.7 Å². The molecule has 37 heavy (non-hydrogen) atoms. The summed E-state index contributed by atoms with van der Waals surface area (Å²) in [4.78, 5) is 5.46. The second kappa shape index (κ2) is 8.55. The van der Waals surface area contributed by atoms with Gasteiger partial charge in [0.1, 0.15) is 11.5 Å². The third-order valence-corrected chi connectivity index (χ3v) is 10.3. The van der Waals surface area contributed by atoms with Crippen LogP contribution in [0.5, 0.6) is 11.5 Å². The van der Waals surface area contributed by atoms with Gasteiger partial charge in [-0.3, -0.25) is 0 Å². The van der Waals surface area contributed by atoms with Gasteiger partial charge in [0, 0.05) is 64.7 Å². The van der Waals surface area contributed by atoms with E-state index in [9.17, 15) is 0 Å². The van der Waals surface area contributed by atoms with Gasteiger partial charge in [-0.25, -0.2) is 0 Å². The average Bonchev–Trinajstić information content (AvgIpc) is 3.32. The highest BCUT2D eigenvalue weighted by Crippen LogP contribution is 2.52. The van der Waals surface area contributed by atoms with Crippen molar-refractivity contribution in [3.8, 4) is 11.5 Å². The lowest BCUT2D eigenvalue weighted by molar-refractivity contribution is 0.444. The summed E-state index contributed by atoms with van der Waals surface area (Å²) in [7, 11) is 0. The minimum absolute atomic E-state index is 0.208. The number of ether oxygens (including phenoxy) is 1. The summed E-state index contributed by atoms with van der Waals surface area (Å²) >= 11 is 0. The van der Waals surface area contributed by atoms with E-state index < -0.39 is 0 Å². The first-order valence-corrected chi connectivity index (χ1v) is 14.8. The second-order valence-electron chi connectivity index (χ2n) is 12.3. The maximum absolute atomic E-state index is 6.86. The van der Waals surface area contributed by atoms with Gasteiger partial charge < -0.3 is 14.5 Å². The summed E-state index contributed by atoms with van der Waals surface area (Å²) in [6, 6.07) is 26.0. The second-order valence-corrected chi connectivity index (χ2v) is 12.3. The van der Waals surface area contributed by atoms with E-state index in [1.54, 1.807) is 0 Å². The van der Waals surface area contributed by atoms with Crippen LogP contribution in [0.3, 0.4) is 0 Å². The maximum atomic E-state index is 6.86. The van der Waals surface area contributed by atoms with Crippen molar-refractivity contribution < 1.29 is 4.74 Å². The minimum atomic E-state index is 0.208. The molecule has 4 saturated heterocycles. The Bertz CT molecular complexity index is 1240. The smallest absolute Gasteiger partial charge is 0.133 e. The van der Waals surface area contributed by atoms with Gasteiger partial charge in [0.2, 0.25) is 0 Å². The van der Waals surface area contributed by atoms with Gasteiger partial charge in [-0.15, -0.1) is 0 Å². The predicted molar refractivity (Wildman–Crippen MR) is 151 cm³/mol. The molecule has 0 saturated carbocycles. The molecule has 3 aromatic carbocycles. The monoisotopic (exact) mass is 490 g/mol.